The largest absolute Gasteiger partial charge is 0.477 e. The van der Waals surface area contributed by atoms with E-state index < -0.39 is 12.1 Å². The molecule has 4 atom stereocenters. The highest BCUT2D eigenvalue weighted by Gasteiger charge is 2.39. The Hall–Kier alpha value is -1.40. The first kappa shape index (κ1) is 20.3. The van der Waals surface area contributed by atoms with Gasteiger partial charge in [-0.3, -0.25) is 0 Å². The summed E-state index contributed by atoms with van der Waals surface area (Å²) in [5.41, 5.74) is 0.933. The molecule has 144 valence electrons. The van der Waals surface area contributed by atoms with Crippen LogP contribution < -0.4 is 0 Å². The molecule has 0 radical (unpaired) electrons. The van der Waals surface area contributed by atoms with Gasteiger partial charge >= 0.3 is 5.97 Å². The van der Waals surface area contributed by atoms with Gasteiger partial charge in [-0.15, -0.1) is 22.9 Å². The van der Waals surface area contributed by atoms with Gasteiger partial charge in [0.2, 0.25) is 0 Å². The van der Waals surface area contributed by atoms with Crippen LogP contribution in [0.1, 0.15) is 39.4 Å². The molecule has 0 amide bonds. The van der Waals surface area contributed by atoms with Crippen molar-refractivity contribution in [2.24, 2.45) is 11.8 Å². The van der Waals surface area contributed by atoms with Crippen LogP contribution in [0.3, 0.4) is 0 Å². The number of nitrogens with zero attached hydrogens (tertiary/aromatic N) is 1. The van der Waals surface area contributed by atoms with E-state index in [0.717, 1.165) is 29.7 Å². The first-order valence-electron chi connectivity index (χ1n) is 8.88. The second-order valence-corrected chi connectivity index (χ2v) is 8.91. The van der Waals surface area contributed by atoms with Crippen molar-refractivity contribution < 1.29 is 15.0 Å². The first-order chi connectivity index (χ1) is 12.9. The number of thiophene rings is 1. The molecule has 0 spiro atoms. The molecule has 1 aliphatic rings. The number of aliphatic hydroxyl groups is 1. The van der Waals surface area contributed by atoms with Crippen molar-refractivity contribution in [2.75, 3.05) is 0 Å². The van der Waals surface area contributed by atoms with E-state index in [1.54, 1.807) is 18.3 Å². The van der Waals surface area contributed by atoms with E-state index in [1.165, 1.54) is 11.3 Å². The Morgan fingerprint density at radius 2 is 2.15 bits per heavy atom. The summed E-state index contributed by atoms with van der Waals surface area (Å²) in [5.74, 6) is -0.689. The molecule has 2 aromatic heterocycles. The van der Waals surface area contributed by atoms with Crippen LogP contribution in [-0.2, 0) is 6.42 Å². The van der Waals surface area contributed by atoms with Gasteiger partial charge in [-0.2, -0.15) is 0 Å². The fourth-order valence-corrected chi connectivity index (χ4v) is 5.06. The van der Waals surface area contributed by atoms with Gasteiger partial charge in [0.25, 0.3) is 0 Å². The Morgan fingerprint density at radius 1 is 1.33 bits per heavy atom. The molecule has 0 aromatic carbocycles. The molecular formula is C20H21Cl2NO3S. The van der Waals surface area contributed by atoms with Crippen LogP contribution in [0, 0.1) is 11.8 Å². The number of aromatic carboxylic acids is 1. The maximum atomic E-state index is 11.0. The summed E-state index contributed by atoms with van der Waals surface area (Å²) < 4.78 is 0. The summed E-state index contributed by atoms with van der Waals surface area (Å²) >= 11 is 13.6. The molecule has 2 aromatic rings. The van der Waals surface area contributed by atoms with E-state index in [0.29, 0.717) is 16.5 Å². The van der Waals surface area contributed by atoms with Crippen LogP contribution >= 0.6 is 34.5 Å². The zero-order valence-electron chi connectivity index (χ0n) is 14.6. The van der Waals surface area contributed by atoms with Crippen molar-refractivity contribution in [1.82, 2.24) is 4.98 Å². The number of aliphatic hydroxyl groups excluding tert-OH is 1. The average molecular weight is 426 g/mol. The van der Waals surface area contributed by atoms with Crippen LogP contribution in [0.5, 0.6) is 0 Å². The number of pyridine rings is 1. The number of carbonyl (C=O) groups is 1. The molecule has 2 N–H and O–H groups in total. The number of hydrogen-bond donors (Lipinski definition) is 2. The third kappa shape index (κ3) is 5.32. The van der Waals surface area contributed by atoms with Gasteiger partial charge in [0.05, 0.1) is 6.10 Å². The highest BCUT2D eigenvalue weighted by Crippen LogP contribution is 2.40. The molecule has 0 unspecified atom stereocenters. The van der Waals surface area contributed by atoms with Crippen molar-refractivity contribution in [3.05, 3.63) is 57.0 Å². The predicted octanol–water partition coefficient (Wildman–Crippen LogP) is 5.14. The van der Waals surface area contributed by atoms with Crippen LogP contribution in [0.2, 0.25) is 5.15 Å². The normalized spacial score (nSPS) is 25.3. The quantitative estimate of drug-likeness (QED) is 0.475. The van der Waals surface area contributed by atoms with E-state index in [-0.39, 0.29) is 17.2 Å². The Bertz CT molecular complexity index is 806. The molecule has 1 fully saturated rings. The third-order valence-corrected chi connectivity index (χ3v) is 6.82. The number of alkyl halides is 1. The monoisotopic (exact) mass is 425 g/mol. The topological polar surface area (TPSA) is 70.4 Å². The highest BCUT2D eigenvalue weighted by molar-refractivity contribution is 7.13. The second-order valence-electron chi connectivity index (χ2n) is 6.80. The van der Waals surface area contributed by atoms with Crippen LogP contribution in [0.4, 0.5) is 0 Å². The van der Waals surface area contributed by atoms with Crippen LogP contribution in [-0.4, -0.2) is 32.6 Å². The first-order valence-corrected chi connectivity index (χ1v) is 10.5. The summed E-state index contributed by atoms with van der Waals surface area (Å²) in [7, 11) is 0. The van der Waals surface area contributed by atoms with Gasteiger partial charge in [-0.05, 0) is 55.4 Å². The van der Waals surface area contributed by atoms with E-state index in [9.17, 15) is 9.90 Å². The van der Waals surface area contributed by atoms with E-state index in [4.69, 9.17) is 28.3 Å². The molecule has 27 heavy (non-hydrogen) atoms. The summed E-state index contributed by atoms with van der Waals surface area (Å²) in [6.45, 7) is 0. The number of rotatable bonds is 7. The van der Waals surface area contributed by atoms with Crippen molar-refractivity contribution in [1.29, 1.82) is 0 Å². The lowest BCUT2D eigenvalue weighted by atomic mass is 9.89. The maximum Gasteiger partial charge on any atom is 0.345 e. The van der Waals surface area contributed by atoms with Crippen molar-refractivity contribution in [3.63, 3.8) is 0 Å². The van der Waals surface area contributed by atoms with Gasteiger partial charge in [-0.25, -0.2) is 9.78 Å². The average Bonchev–Trinajstić information content (AvgIpc) is 3.20. The maximum absolute atomic E-state index is 11.0. The molecule has 0 aliphatic heterocycles. The van der Waals surface area contributed by atoms with Crippen LogP contribution in [0.25, 0.3) is 6.08 Å². The molecular weight excluding hydrogens is 405 g/mol. The molecule has 0 saturated heterocycles. The SMILES string of the molecule is O=C(O)c1ccc(CCC[C@@H]2[C@@H](C=Cc3ccc(Cl)nc3)[C@H](O)C[C@H]2Cl)s1. The van der Waals surface area contributed by atoms with Crippen molar-refractivity contribution >= 4 is 46.6 Å². The van der Waals surface area contributed by atoms with E-state index >= 15 is 0 Å². The van der Waals surface area contributed by atoms with E-state index in [1.807, 2.05) is 24.3 Å². The van der Waals surface area contributed by atoms with Gasteiger partial charge in [0, 0.05) is 22.4 Å². The number of hydrogen-bond acceptors (Lipinski definition) is 4. The molecule has 1 aliphatic carbocycles. The molecule has 3 rings (SSSR count). The lowest BCUT2D eigenvalue weighted by Gasteiger charge is -2.20. The highest BCUT2D eigenvalue weighted by atomic mass is 35.5. The third-order valence-electron chi connectivity index (χ3n) is 4.96. The number of halogens is 2. The van der Waals surface area contributed by atoms with E-state index in [2.05, 4.69) is 4.98 Å². The summed E-state index contributed by atoms with van der Waals surface area (Å²) in [6.07, 6.45) is 8.44. The molecule has 1 saturated carbocycles. The zero-order valence-corrected chi connectivity index (χ0v) is 16.9. The fraction of sp³-hybridized carbons (Fsp3) is 0.400. The minimum atomic E-state index is -0.882. The summed E-state index contributed by atoms with van der Waals surface area (Å²) in [5, 5.41) is 19.8. The smallest absolute Gasteiger partial charge is 0.345 e. The molecule has 4 nitrogen and oxygen atoms in total. The summed E-state index contributed by atoms with van der Waals surface area (Å²) in [4.78, 5) is 16.5. The van der Waals surface area contributed by atoms with Gasteiger partial charge in [0.15, 0.2) is 0 Å². The minimum absolute atomic E-state index is 0.00101. The number of carboxylic acids is 1. The fourth-order valence-electron chi connectivity index (χ4n) is 3.58. The van der Waals surface area contributed by atoms with Gasteiger partial charge in [0.1, 0.15) is 10.0 Å². The Morgan fingerprint density at radius 3 is 2.81 bits per heavy atom. The van der Waals surface area contributed by atoms with Gasteiger partial charge in [-0.1, -0.05) is 29.8 Å². The Balaban J connectivity index is 1.59. The predicted molar refractivity (Wildman–Crippen MR) is 110 cm³/mol. The van der Waals surface area contributed by atoms with Crippen molar-refractivity contribution in [2.45, 2.75) is 37.2 Å². The van der Waals surface area contributed by atoms with Crippen molar-refractivity contribution in [3.8, 4) is 0 Å². The number of aryl methyl sites for hydroxylation is 1. The second kappa shape index (κ2) is 9.20. The minimum Gasteiger partial charge on any atom is -0.477 e. The molecule has 2 heterocycles. The lowest BCUT2D eigenvalue weighted by molar-refractivity contribution is 0.0702. The number of aromatic nitrogens is 1. The number of carboxylic acid groups (broad SMARTS) is 1. The summed E-state index contributed by atoms with van der Waals surface area (Å²) in [6, 6.07) is 7.15. The standard InChI is InChI=1S/C20H21Cl2NO3S/c21-16-10-17(24)15(7-4-12-5-9-19(22)23-11-12)14(16)3-1-2-13-6-8-18(27-13)20(25)26/h4-9,11,14-17,24H,1-3,10H2,(H,25,26)/t14-,15-,16-,17-/m1/s1. The lowest BCUT2D eigenvalue weighted by Crippen LogP contribution is -2.18. The molecule has 7 heteroatoms. The van der Waals surface area contributed by atoms with Gasteiger partial charge < -0.3 is 10.2 Å². The van der Waals surface area contributed by atoms with Crippen LogP contribution in [0.15, 0.2) is 36.5 Å². The molecule has 0 bridgehead atoms. The Kier molecular flexibility index (Phi) is 6.93. The Labute approximate surface area is 172 Å². The zero-order chi connectivity index (χ0) is 19.4.